The highest BCUT2D eigenvalue weighted by molar-refractivity contribution is 6.32. The second kappa shape index (κ2) is 15.7. The van der Waals surface area contributed by atoms with Crippen LogP contribution in [0.3, 0.4) is 0 Å². The van der Waals surface area contributed by atoms with Crippen molar-refractivity contribution in [3.05, 3.63) is 204 Å². The van der Waals surface area contributed by atoms with E-state index in [1.807, 2.05) is 0 Å². The first kappa shape index (κ1) is 43.6. The number of anilines is 4. The molecule has 10 aromatic rings. The zero-order chi connectivity index (χ0) is 48.7. The largest absolute Gasteiger partial charge is 0.334 e. The molecule has 354 valence electrons. The van der Waals surface area contributed by atoms with Crippen molar-refractivity contribution in [2.75, 3.05) is 9.80 Å². The third kappa shape index (κ3) is 5.84. The Kier molecular flexibility index (Phi) is 9.49. The van der Waals surface area contributed by atoms with E-state index in [1.165, 1.54) is 173 Å². The Morgan fingerprint density at radius 3 is 1.01 bits per heavy atom. The molecule has 0 radical (unpaired) electrons. The molecule has 0 aromatic heterocycles. The number of aryl methyl sites for hydroxylation is 2. The van der Waals surface area contributed by atoms with E-state index < -0.39 is 0 Å². The quantitative estimate of drug-likeness (QED) is 0.153. The van der Waals surface area contributed by atoms with Gasteiger partial charge in [-0.05, 0) is 213 Å². The molecule has 0 saturated heterocycles. The van der Waals surface area contributed by atoms with Crippen LogP contribution in [-0.2, 0) is 10.8 Å². The van der Waals surface area contributed by atoms with Crippen molar-refractivity contribution < 1.29 is 0 Å². The van der Waals surface area contributed by atoms with E-state index in [9.17, 15) is 0 Å². The molecule has 4 unspecified atom stereocenters. The smallest absolute Gasteiger partial charge is 0.0518 e. The molecule has 2 aliphatic heterocycles. The van der Waals surface area contributed by atoms with Gasteiger partial charge >= 0.3 is 0 Å². The maximum Gasteiger partial charge on any atom is 0.0518 e. The van der Waals surface area contributed by atoms with E-state index in [1.54, 1.807) is 0 Å². The van der Waals surface area contributed by atoms with Gasteiger partial charge in [-0.3, -0.25) is 0 Å². The van der Waals surface area contributed by atoms with Crippen LogP contribution in [0.25, 0.3) is 76.8 Å². The highest BCUT2D eigenvalue weighted by Crippen LogP contribution is 2.64. The first-order chi connectivity index (χ1) is 35.0. The average molecular weight is 933 g/mol. The lowest BCUT2D eigenvalue weighted by Gasteiger charge is -2.50. The normalized spacial score (nSPS) is 23.4. The van der Waals surface area contributed by atoms with Crippen LogP contribution in [0.5, 0.6) is 0 Å². The molecule has 2 heteroatoms. The van der Waals surface area contributed by atoms with E-state index in [2.05, 4.69) is 233 Å². The molecule has 4 atom stereocenters. The third-order valence-electron chi connectivity index (χ3n) is 19.5. The Morgan fingerprint density at radius 1 is 0.333 bits per heavy atom. The minimum absolute atomic E-state index is 0.000969. The summed E-state index contributed by atoms with van der Waals surface area (Å²) in [7, 11) is 0. The fourth-order valence-electron chi connectivity index (χ4n) is 15.5. The SMILES string of the molecule is Cc1cc(-c2cc(-c3ccccc3)c3ccc4c(-c5cc(C)c6c(c5)C5(C)CCCCC5(C)N6c5ccccc5)cc(-c5ccccc5)c5ccc2c3c54)cc2c1N(c1ccccc1)C1(C)CCCCC21C. The molecule has 0 bridgehead atoms. The fraction of sp³-hybridized carbons (Fsp3) is 0.257. The van der Waals surface area contributed by atoms with E-state index >= 15 is 0 Å². The topological polar surface area (TPSA) is 6.48 Å². The lowest BCUT2D eigenvalue weighted by atomic mass is 9.61. The average Bonchev–Trinajstić information content (AvgIpc) is 3.76. The van der Waals surface area contributed by atoms with Gasteiger partial charge < -0.3 is 9.80 Å². The molecule has 14 rings (SSSR count). The fourth-order valence-corrected chi connectivity index (χ4v) is 15.5. The summed E-state index contributed by atoms with van der Waals surface area (Å²) in [6.07, 6.45) is 9.76. The van der Waals surface area contributed by atoms with Gasteiger partial charge in [-0.15, -0.1) is 0 Å². The molecule has 0 spiro atoms. The van der Waals surface area contributed by atoms with Gasteiger partial charge in [-0.2, -0.15) is 0 Å². The molecule has 2 fully saturated rings. The van der Waals surface area contributed by atoms with Gasteiger partial charge in [0.2, 0.25) is 0 Å². The van der Waals surface area contributed by atoms with Crippen molar-refractivity contribution in [1.82, 2.24) is 0 Å². The molecule has 2 saturated carbocycles. The molecule has 4 aliphatic rings. The highest BCUT2D eigenvalue weighted by Gasteiger charge is 2.59. The zero-order valence-electron chi connectivity index (χ0n) is 42.9. The van der Waals surface area contributed by atoms with Crippen LogP contribution in [0.1, 0.15) is 101 Å². The Labute approximate surface area is 426 Å². The summed E-state index contributed by atoms with van der Waals surface area (Å²) in [6.45, 7) is 15.0. The third-order valence-corrected chi connectivity index (χ3v) is 19.5. The summed E-state index contributed by atoms with van der Waals surface area (Å²) in [5.41, 5.74) is 21.4. The summed E-state index contributed by atoms with van der Waals surface area (Å²) >= 11 is 0. The van der Waals surface area contributed by atoms with Gasteiger partial charge in [0.25, 0.3) is 0 Å². The Balaban J connectivity index is 1.06. The van der Waals surface area contributed by atoms with Crippen LogP contribution in [0.2, 0.25) is 0 Å². The summed E-state index contributed by atoms with van der Waals surface area (Å²) in [6, 6.07) is 70.0. The second-order valence-corrected chi connectivity index (χ2v) is 23.1. The van der Waals surface area contributed by atoms with Crippen molar-refractivity contribution in [2.24, 2.45) is 0 Å². The van der Waals surface area contributed by atoms with Gasteiger partial charge in [0.05, 0.1) is 11.1 Å². The molecule has 2 nitrogen and oxygen atoms in total. The Hall–Kier alpha value is -7.16. The predicted octanol–water partition coefficient (Wildman–Crippen LogP) is 19.4. The zero-order valence-corrected chi connectivity index (χ0v) is 42.9. The van der Waals surface area contributed by atoms with E-state index in [4.69, 9.17) is 0 Å². The Morgan fingerprint density at radius 2 is 0.653 bits per heavy atom. The Bertz CT molecular complexity index is 3530. The lowest BCUT2D eigenvalue weighted by Crippen LogP contribution is -2.54. The van der Waals surface area contributed by atoms with Crippen molar-refractivity contribution in [2.45, 2.75) is 115 Å². The molecule has 0 amide bonds. The van der Waals surface area contributed by atoms with Gasteiger partial charge in [0, 0.05) is 33.6 Å². The molecular weight excluding hydrogens is 869 g/mol. The summed E-state index contributed by atoms with van der Waals surface area (Å²) in [4.78, 5) is 5.48. The molecular formula is C70H64N2. The van der Waals surface area contributed by atoms with Crippen LogP contribution in [-0.4, -0.2) is 11.1 Å². The van der Waals surface area contributed by atoms with Crippen LogP contribution in [0.4, 0.5) is 22.7 Å². The first-order valence-electron chi connectivity index (χ1n) is 26.9. The lowest BCUT2D eigenvalue weighted by molar-refractivity contribution is 0.195. The molecule has 10 aromatic carbocycles. The number of rotatable bonds is 6. The number of nitrogens with zero attached hydrogens (tertiary/aromatic N) is 2. The number of hydrogen-bond donors (Lipinski definition) is 0. The summed E-state index contributed by atoms with van der Waals surface area (Å²) < 4.78 is 0. The van der Waals surface area contributed by atoms with Crippen LogP contribution in [0.15, 0.2) is 182 Å². The minimum Gasteiger partial charge on any atom is -0.334 e. The number of para-hydroxylation sites is 2. The van der Waals surface area contributed by atoms with Crippen molar-refractivity contribution in [3.63, 3.8) is 0 Å². The molecule has 72 heavy (non-hydrogen) atoms. The standard InChI is InChI=1S/C70H64N2/c1-45-39-49(41-61-65(45)71(51-27-15-9-16-28-51)69(5)37-21-19-35-67(61,69)3)59-43-57(47-23-11-7-12-24-47)53-32-34-56-60(44-58(48-25-13-8-14-26-48)54-31-33-55(59)63(53)64(54)56)50-40-46(2)66-62(42-50)68(4)36-20-22-38-70(68,6)72(66)52-29-17-10-18-30-52/h7-18,23-34,39-44H,19-22,35-38H2,1-6H3. The van der Waals surface area contributed by atoms with Gasteiger partial charge in [0.15, 0.2) is 0 Å². The minimum atomic E-state index is -0.0246. The van der Waals surface area contributed by atoms with Crippen molar-refractivity contribution in [1.29, 1.82) is 0 Å². The maximum absolute atomic E-state index is 2.74. The van der Waals surface area contributed by atoms with E-state index in [-0.39, 0.29) is 21.9 Å². The van der Waals surface area contributed by atoms with Crippen molar-refractivity contribution >= 4 is 55.1 Å². The number of benzene rings is 10. The van der Waals surface area contributed by atoms with Gasteiger partial charge in [0.1, 0.15) is 0 Å². The highest BCUT2D eigenvalue weighted by atomic mass is 15.3. The van der Waals surface area contributed by atoms with Crippen LogP contribution in [0, 0.1) is 13.8 Å². The molecule has 0 N–H and O–H groups in total. The van der Waals surface area contributed by atoms with Crippen molar-refractivity contribution in [3.8, 4) is 44.5 Å². The monoisotopic (exact) mass is 933 g/mol. The number of hydrogen-bond acceptors (Lipinski definition) is 2. The predicted molar refractivity (Wildman–Crippen MR) is 307 cm³/mol. The summed E-state index contributed by atoms with van der Waals surface area (Å²) in [5, 5.41) is 7.98. The van der Waals surface area contributed by atoms with Gasteiger partial charge in [-0.1, -0.05) is 161 Å². The number of fused-ring (bicyclic) bond motifs is 6. The van der Waals surface area contributed by atoms with E-state index in [0.717, 1.165) is 0 Å². The maximum atomic E-state index is 2.74. The summed E-state index contributed by atoms with van der Waals surface area (Å²) in [5.74, 6) is 0. The van der Waals surface area contributed by atoms with Gasteiger partial charge in [-0.25, -0.2) is 0 Å². The van der Waals surface area contributed by atoms with E-state index in [0.29, 0.717) is 0 Å². The molecule has 2 aliphatic carbocycles. The second-order valence-electron chi connectivity index (χ2n) is 23.1. The van der Waals surface area contributed by atoms with Crippen LogP contribution >= 0.6 is 0 Å². The molecule has 2 heterocycles. The first-order valence-corrected chi connectivity index (χ1v) is 26.9. The van der Waals surface area contributed by atoms with Crippen LogP contribution < -0.4 is 9.80 Å².